The summed E-state index contributed by atoms with van der Waals surface area (Å²) in [6.07, 6.45) is 0. The van der Waals surface area contributed by atoms with E-state index in [-0.39, 0.29) is 12.0 Å². The molecule has 0 bridgehead atoms. The van der Waals surface area contributed by atoms with Gasteiger partial charge in [-0.1, -0.05) is 0 Å². The standard InChI is InChI=1S/C12H17N5O/c1-7-4-11-15-16-12(17(11)8(2)14-7)9-5-18-6-10(9)13-3/h4,9-10,13H,5-6H2,1-3H3. The fraction of sp³-hybridized carbons (Fsp3) is 0.583. The Labute approximate surface area is 105 Å². The van der Waals surface area contributed by atoms with Gasteiger partial charge in [0, 0.05) is 17.8 Å². The Kier molecular flexibility index (Phi) is 2.76. The highest BCUT2D eigenvalue weighted by molar-refractivity contribution is 5.40. The van der Waals surface area contributed by atoms with E-state index in [9.17, 15) is 0 Å². The third-order valence-corrected chi connectivity index (χ3v) is 3.50. The topological polar surface area (TPSA) is 64.3 Å². The van der Waals surface area contributed by atoms with Crippen LogP contribution in [-0.4, -0.2) is 45.9 Å². The first-order chi connectivity index (χ1) is 8.70. The number of nitrogens with one attached hydrogen (secondary N) is 1. The van der Waals surface area contributed by atoms with Crippen LogP contribution in [0.4, 0.5) is 0 Å². The van der Waals surface area contributed by atoms with Crippen LogP contribution in [0.3, 0.4) is 0 Å². The van der Waals surface area contributed by atoms with Crippen molar-refractivity contribution in [2.45, 2.75) is 25.8 Å². The molecule has 1 aliphatic rings. The summed E-state index contributed by atoms with van der Waals surface area (Å²) in [5.41, 5.74) is 1.82. The molecule has 1 N–H and O–H groups in total. The van der Waals surface area contributed by atoms with Crippen LogP contribution < -0.4 is 5.32 Å². The highest BCUT2D eigenvalue weighted by Gasteiger charge is 2.32. The van der Waals surface area contributed by atoms with Crippen LogP contribution in [0.25, 0.3) is 5.65 Å². The Morgan fingerprint density at radius 2 is 2.17 bits per heavy atom. The molecule has 0 aliphatic carbocycles. The monoisotopic (exact) mass is 247 g/mol. The van der Waals surface area contributed by atoms with E-state index in [4.69, 9.17) is 4.74 Å². The van der Waals surface area contributed by atoms with Crippen molar-refractivity contribution in [2.75, 3.05) is 20.3 Å². The zero-order chi connectivity index (χ0) is 12.7. The molecule has 0 saturated carbocycles. The predicted octanol–water partition coefficient (Wildman–Crippen LogP) is 0.443. The maximum atomic E-state index is 5.53. The molecular formula is C12H17N5O. The van der Waals surface area contributed by atoms with Crippen LogP contribution in [0.1, 0.15) is 23.3 Å². The Morgan fingerprint density at radius 1 is 1.33 bits per heavy atom. The summed E-state index contributed by atoms with van der Waals surface area (Å²) in [6, 6.07) is 2.24. The SMILES string of the molecule is CNC1COCC1c1nnc2cc(C)nc(C)n12. The molecule has 96 valence electrons. The Bertz CT molecular complexity index is 579. The van der Waals surface area contributed by atoms with Crippen molar-refractivity contribution in [1.82, 2.24) is 24.9 Å². The molecule has 1 saturated heterocycles. The van der Waals surface area contributed by atoms with Crippen LogP contribution in [0, 0.1) is 13.8 Å². The molecular weight excluding hydrogens is 230 g/mol. The highest BCUT2D eigenvalue weighted by atomic mass is 16.5. The van der Waals surface area contributed by atoms with Gasteiger partial charge in [0.05, 0.1) is 19.1 Å². The molecule has 2 aromatic heterocycles. The molecule has 0 aromatic carbocycles. The summed E-state index contributed by atoms with van der Waals surface area (Å²) >= 11 is 0. The van der Waals surface area contributed by atoms with Crippen LogP contribution in [-0.2, 0) is 4.74 Å². The lowest BCUT2D eigenvalue weighted by Gasteiger charge is -2.15. The normalized spacial score (nSPS) is 23.9. The smallest absolute Gasteiger partial charge is 0.164 e. The number of rotatable bonds is 2. The van der Waals surface area contributed by atoms with Gasteiger partial charge in [-0.15, -0.1) is 10.2 Å². The van der Waals surface area contributed by atoms with E-state index in [1.165, 1.54) is 0 Å². The molecule has 18 heavy (non-hydrogen) atoms. The summed E-state index contributed by atoms with van der Waals surface area (Å²) in [4.78, 5) is 4.48. The summed E-state index contributed by atoms with van der Waals surface area (Å²) in [7, 11) is 1.95. The molecule has 2 unspecified atom stereocenters. The van der Waals surface area contributed by atoms with E-state index in [0.717, 1.165) is 23.0 Å². The van der Waals surface area contributed by atoms with Crippen LogP contribution in [0.5, 0.6) is 0 Å². The fourth-order valence-corrected chi connectivity index (χ4v) is 2.59. The number of ether oxygens (including phenoxy) is 1. The first-order valence-corrected chi connectivity index (χ1v) is 6.15. The molecule has 3 rings (SSSR count). The van der Waals surface area contributed by atoms with Gasteiger partial charge < -0.3 is 10.1 Å². The van der Waals surface area contributed by atoms with Gasteiger partial charge in [0.2, 0.25) is 0 Å². The minimum Gasteiger partial charge on any atom is -0.379 e. The van der Waals surface area contributed by atoms with Gasteiger partial charge in [0.15, 0.2) is 5.65 Å². The zero-order valence-corrected chi connectivity index (χ0v) is 10.8. The number of aromatic nitrogens is 4. The van der Waals surface area contributed by atoms with Crippen LogP contribution >= 0.6 is 0 Å². The van der Waals surface area contributed by atoms with Gasteiger partial charge in [-0.05, 0) is 20.9 Å². The minimum absolute atomic E-state index is 0.230. The third-order valence-electron chi connectivity index (χ3n) is 3.50. The van der Waals surface area contributed by atoms with E-state index >= 15 is 0 Å². The lowest BCUT2D eigenvalue weighted by atomic mass is 10.0. The summed E-state index contributed by atoms with van der Waals surface area (Å²) in [5.74, 6) is 2.09. The Balaban J connectivity index is 2.12. The average molecular weight is 247 g/mol. The number of hydrogen-bond donors (Lipinski definition) is 1. The second-order valence-corrected chi connectivity index (χ2v) is 4.74. The second kappa shape index (κ2) is 4.29. The average Bonchev–Trinajstić information content (AvgIpc) is 2.92. The molecule has 6 nitrogen and oxygen atoms in total. The maximum absolute atomic E-state index is 5.53. The quantitative estimate of drug-likeness (QED) is 0.834. The number of fused-ring (bicyclic) bond motifs is 1. The van der Waals surface area contributed by atoms with Crippen molar-refractivity contribution < 1.29 is 4.74 Å². The van der Waals surface area contributed by atoms with E-state index in [1.807, 2.05) is 31.4 Å². The molecule has 6 heteroatoms. The molecule has 0 radical (unpaired) electrons. The fourth-order valence-electron chi connectivity index (χ4n) is 2.59. The number of nitrogens with zero attached hydrogens (tertiary/aromatic N) is 4. The van der Waals surface area contributed by atoms with Gasteiger partial charge in [0.25, 0.3) is 0 Å². The van der Waals surface area contributed by atoms with Crippen molar-refractivity contribution in [2.24, 2.45) is 0 Å². The molecule has 0 spiro atoms. The number of likely N-dealkylation sites (N-methyl/N-ethyl adjacent to an activating group) is 1. The zero-order valence-electron chi connectivity index (χ0n) is 10.8. The van der Waals surface area contributed by atoms with Crippen LogP contribution in [0.15, 0.2) is 6.07 Å². The second-order valence-electron chi connectivity index (χ2n) is 4.74. The number of aryl methyl sites for hydroxylation is 2. The molecule has 2 aromatic rings. The first kappa shape index (κ1) is 11.6. The van der Waals surface area contributed by atoms with E-state index < -0.39 is 0 Å². The molecule has 3 heterocycles. The Morgan fingerprint density at radius 3 is 2.94 bits per heavy atom. The first-order valence-electron chi connectivity index (χ1n) is 6.15. The van der Waals surface area contributed by atoms with E-state index in [2.05, 4.69) is 20.5 Å². The molecule has 0 amide bonds. The van der Waals surface area contributed by atoms with Crippen LogP contribution in [0.2, 0.25) is 0 Å². The van der Waals surface area contributed by atoms with Crippen molar-refractivity contribution >= 4 is 5.65 Å². The van der Waals surface area contributed by atoms with E-state index in [1.54, 1.807) is 0 Å². The predicted molar refractivity (Wildman–Crippen MR) is 66.7 cm³/mol. The van der Waals surface area contributed by atoms with Gasteiger partial charge in [-0.2, -0.15) is 0 Å². The largest absolute Gasteiger partial charge is 0.379 e. The summed E-state index contributed by atoms with van der Waals surface area (Å²) in [5, 5.41) is 11.8. The van der Waals surface area contributed by atoms with Gasteiger partial charge in [0.1, 0.15) is 11.6 Å². The molecule has 1 aliphatic heterocycles. The lowest BCUT2D eigenvalue weighted by Crippen LogP contribution is -2.32. The highest BCUT2D eigenvalue weighted by Crippen LogP contribution is 2.25. The minimum atomic E-state index is 0.230. The Hall–Kier alpha value is -1.53. The van der Waals surface area contributed by atoms with Crippen molar-refractivity contribution in [3.05, 3.63) is 23.4 Å². The van der Waals surface area contributed by atoms with Gasteiger partial charge in [-0.3, -0.25) is 4.40 Å². The van der Waals surface area contributed by atoms with Crippen molar-refractivity contribution in [3.63, 3.8) is 0 Å². The van der Waals surface area contributed by atoms with Crippen molar-refractivity contribution in [3.8, 4) is 0 Å². The summed E-state index contributed by atoms with van der Waals surface area (Å²) in [6.45, 7) is 5.35. The summed E-state index contributed by atoms with van der Waals surface area (Å²) < 4.78 is 7.56. The third kappa shape index (κ3) is 1.69. The van der Waals surface area contributed by atoms with Crippen molar-refractivity contribution in [1.29, 1.82) is 0 Å². The van der Waals surface area contributed by atoms with Gasteiger partial charge in [-0.25, -0.2) is 4.98 Å². The van der Waals surface area contributed by atoms with Gasteiger partial charge >= 0.3 is 0 Å². The van der Waals surface area contributed by atoms with E-state index in [0.29, 0.717) is 13.2 Å². The lowest BCUT2D eigenvalue weighted by molar-refractivity contribution is 0.188. The molecule has 2 atom stereocenters. The number of hydrogen-bond acceptors (Lipinski definition) is 5. The molecule has 1 fully saturated rings. The maximum Gasteiger partial charge on any atom is 0.164 e.